The molecule has 0 radical (unpaired) electrons. The summed E-state index contributed by atoms with van der Waals surface area (Å²) >= 11 is 0. The average Bonchev–Trinajstić information content (AvgIpc) is 2.45. The molecule has 0 aliphatic carbocycles. The number of aromatic nitrogens is 2. The second-order valence-corrected chi connectivity index (χ2v) is 4.76. The van der Waals surface area contributed by atoms with Gasteiger partial charge in [-0.3, -0.25) is 0 Å². The number of aromatic hydroxyl groups is 1. The number of nitrogens with two attached hydrogens (primary N) is 1. The van der Waals surface area contributed by atoms with Crippen LogP contribution >= 0.6 is 0 Å². The molecule has 2 rings (SSSR count). The maximum absolute atomic E-state index is 9.78. The summed E-state index contributed by atoms with van der Waals surface area (Å²) in [6, 6.07) is 6.73. The van der Waals surface area contributed by atoms with Crippen LogP contribution in [-0.4, -0.2) is 21.7 Å². The van der Waals surface area contributed by atoms with Crippen molar-refractivity contribution in [3.05, 3.63) is 35.5 Å². The normalized spacial score (nSPS) is 10.4. The number of anilines is 2. The van der Waals surface area contributed by atoms with Gasteiger partial charge in [0.25, 0.3) is 0 Å². The number of rotatable bonds is 6. The largest absolute Gasteiger partial charge is 0.508 e. The summed E-state index contributed by atoms with van der Waals surface area (Å²) in [4.78, 5) is 8.57. The number of hydrogen-bond acceptors (Lipinski definition) is 6. The van der Waals surface area contributed by atoms with Gasteiger partial charge in [-0.2, -0.15) is 4.98 Å². The highest BCUT2D eigenvalue weighted by Crippen LogP contribution is 2.21. The first-order valence-electron chi connectivity index (χ1n) is 6.88. The molecule has 4 N–H and O–H groups in total. The monoisotopic (exact) mass is 288 g/mol. The Morgan fingerprint density at radius 2 is 2.10 bits per heavy atom. The van der Waals surface area contributed by atoms with Crippen molar-refractivity contribution in [1.29, 1.82) is 0 Å². The van der Waals surface area contributed by atoms with Crippen molar-refractivity contribution in [1.82, 2.24) is 9.97 Å². The minimum absolute atomic E-state index is 0.187. The van der Waals surface area contributed by atoms with Gasteiger partial charge in [0, 0.05) is 29.6 Å². The van der Waals surface area contributed by atoms with E-state index < -0.39 is 0 Å². The van der Waals surface area contributed by atoms with Crippen molar-refractivity contribution >= 4 is 11.6 Å². The van der Waals surface area contributed by atoms with E-state index in [0.717, 1.165) is 12.1 Å². The fourth-order valence-electron chi connectivity index (χ4n) is 1.82. The number of nitrogen functional groups attached to an aromatic ring is 1. The Kier molecular flexibility index (Phi) is 4.81. The summed E-state index contributed by atoms with van der Waals surface area (Å²) in [6.45, 7) is 4.92. The van der Waals surface area contributed by atoms with Gasteiger partial charge in [0.2, 0.25) is 11.8 Å². The third-order valence-corrected chi connectivity index (χ3v) is 2.83. The van der Waals surface area contributed by atoms with E-state index in [9.17, 15) is 5.11 Å². The molecule has 0 bridgehead atoms. The first-order valence-corrected chi connectivity index (χ1v) is 6.88. The first kappa shape index (κ1) is 14.9. The fraction of sp³-hybridized carbons (Fsp3) is 0.333. The molecule has 0 saturated heterocycles. The van der Waals surface area contributed by atoms with E-state index in [2.05, 4.69) is 15.3 Å². The minimum atomic E-state index is 0.187. The summed E-state index contributed by atoms with van der Waals surface area (Å²) < 4.78 is 5.51. The molecule has 0 spiro atoms. The number of aryl methyl sites for hydroxylation is 1. The predicted molar refractivity (Wildman–Crippen MR) is 82.4 cm³/mol. The van der Waals surface area contributed by atoms with Crippen LogP contribution in [0.3, 0.4) is 0 Å². The van der Waals surface area contributed by atoms with E-state index in [4.69, 9.17) is 10.5 Å². The van der Waals surface area contributed by atoms with Crippen LogP contribution in [0.5, 0.6) is 11.6 Å². The highest BCUT2D eigenvalue weighted by Gasteiger charge is 2.05. The number of nitrogens with zero attached hydrogens (tertiary/aromatic N) is 2. The van der Waals surface area contributed by atoms with Gasteiger partial charge >= 0.3 is 0 Å². The molecule has 0 unspecified atom stereocenters. The Morgan fingerprint density at radius 1 is 1.29 bits per heavy atom. The van der Waals surface area contributed by atoms with Crippen molar-refractivity contribution in [2.24, 2.45) is 0 Å². The molecule has 1 aromatic heterocycles. The second kappa shape index (κ2) is 6.78. The van der Waals surface area contributed by atoms with Crippen LogP contribution < -0.4 is 15.8 Å². The maximum Gasteiger partial charge on any atom is 0.226 e. The molecule has 112 valence electrons. The zero-order valence-electron chi connectivity index (χ0n) is 12.3. The molecule has 21 heavy (non-hydrogen) atoms. The van der Waals surface area contributed by atoms with Crippen molar-refractivity contribution in [2.75, 3.05) is 17.7 Å². The van der Waals surface area contributed by atoms with Crippen molar-refractivity contribution in [2.45, 2.75) is 26.8 Å². The Balaban J connectivity index is 2.08. The first-order chi connectivity index (χ1) is 10.1. The Labute approximate surface area is 124 Å². The van der Waals surface area contributed by atoms with Gasteiger partial charge in [0.05, 0.1) is 6.61 Å². The van der Waals surface area contributed by atoms with Gasteiger partial charge < -0.3 is 20.9 Å². The molecule has 1 aromatic carbocycles. The number of hydrogen-bond donors (Lipinski definition) is 3. The maximum atomic E-state index is 9.78. The second-order valence-electron chi connectivity index (χ2n) is 4.76. The lowest BCUT2D eigenvalue weighted by Gasteiger charge is -2.10. The summed E-state index contributed by atoms with van der Waals surface area (Å²) in [5.74, 6) is 1.19. The molecule has 0 aliphatic heterocycles. The molecular formula is C15H20N4O2. The van der Waals surface area contributed by atoms with Gasteiger partial charge in [-0.15, -0.1) is 0 Å². The summed E-state index contributed by atoms with van der Waals surface area (Å²) in [5, 5.41) is 12.8. The van der Waals surface area contributed by atoms with E-state index in [1.54, 1.807) is 24.3 Å². The van der Waals surface area contributed by atoms with Gasteiger partial charge in [-0.25, -0.2) is 4.98 Å². The van der Waals surface area contributed by atoms with E-state index in [1.165, 1.54) is 0 Å². The predicted octanol–water partition coefficient (Wildman–Crippen LogP) is 2.47. The topological polar surface area (TPSA) is 93.3 Å². The Bertz CT molecular complexity index is 617. The molecule has 0 amide bonds. The zero-order valence-corrected chi connectivity index (χ0v) is 12.3. The van der Waals surface area contributed by atoms with Gasteiger partial charge in [-0.1, -0.05) is 6.92 Å². The van der Waals surface area contributed by atoms with Gasteiger partial charge in [-0.05, 0) is 31.5 Å². The Morgan fingerprint density at radius 3 is 2.86 bits per heavy atom. The SMILES string of the molecule is CCCOc1cc(C)nc(NCc2cc(N)ccc2O)n1. The van der Waals surface area contributed by atoms with Gasteiger partial charge in [0.1, 0.15) is 5.75 Å². The van der Waals surface area contributed by atoms with E-state index in [-0.39, 0.29) is 5.75 Å². The smallest absolute Gasteiger partial charge is 0.226 e. The van der Waals surface area contributed by atoms with Crippen molar-refractivity contribution in [3.8, 4) is 11.6 Å². The van der Waals surface area contributed by atoms with Crippen LogP contribution in [0, 0.1) is 6.92 Å². The van der Waals surface area contributed by atoms with Crippen LogP contribution in [0.15, 0.2) is 24.3 Å². The van der Waals surface area contributed by atoms with Crippen LogP contribution in [0.1, 0.15) is 24.6 Å². The Hall–Kier alpha value is -2.50. The van der Waals surface area contributed by atoms with Crippen molar-refractivity contribution < 1.29 is 9.84 Å². The van der Waals surface area contributed by atoms with E-state index in [1.807, 2.05) is 13.8 Å². The zero-order chi connectivity index (χ0) is 15.2. The summed E-state index contributed by atoms with van der Waals surface area (Å²) in [6.07, 6.45) is 0.920. The summed E-state index contributed by atoms with van der Waals surface area (Å²) in [7, 11) is 0. The number of nitrogens with one attached hydrogen (secondary N) is 1. The third-order valence-electron chi connectivity index (χ3n) is 2.83. The molecule has 0 saturated carbocycles. The minimum Gasteiger partial charge on any atom is -0.508 e. The molecule has 0 aliphatic rings. The van der Waals surface area contributed by atoms with Crippen LogP contribution in [0.4, 0.5) is 11.6 Å². The lowest BCUT2D eigenvalue weighted by atomic mass is 10.2. The number of benzene rings is 1. The molecule has 2 aromatic rings. The molecule has 0 fully saturated rings. The summed E-state index contributed by atoms with van der Waals surface area (Å²) in [5.41, 5.74) is 7.81. The molecule has 0 atom stereocenters. The van der Waals surface area contributed by atoms with Crippen LogP contribution in [0.2, 0.25) is 0 Å². The molecule has 6 heteroatoms. The average molecular weight is 288 g/mol. The lowest BCUT2D eigenvalue weighted by Crippen LogP contribution is -2.07. The number of phenols is 1. The highest BCUT2D eigenvalue weighted by molar-refractivity contribution is 5.48. The fourth-order valence-corrected chi connectivity index (χ4v) is 1.82. The third kappa shape index (κ3) is 4.24. The van der Waals surface area contributed by atoms with Gasteiger partial charge in [0.15, 0.2) is 0 Å². The molecule has 6 nitrogen and oxygen atoms in total. The molecular weight excluding hydrogens is 268 g/mol. The quantitative estimate of drug-likeness (QED) is 0.558. The van der Waals surface area contributed by atoms with E-state index in [0.29, 0.717) is 36.2 Å². The number of phenolic OH excluding ortho intramolecular Hbond substituents is 1. The number of ether oxygens (including phenoxy) is 1. The van der Waals surface area contributed by atoms with Crippen LogP contribution in [0.25, 0.3) is 0 Å². The highest BCUT2D eigenvalue weighted by atomic mass is 16.5. The van der Waals surface area contributed by atoms with Crippen LogP contribution in [-0.2, 0) is 6.54 Å². The van der Waals surface area contributed by atoms with E-state index >= 15 is 0 Å². The van der Waals surface area contributed by atoms with Crippen molar-refractivity contribution in [3.63, 3.8) is 0 Å². The molecule has 1 heterocycles. The standard InChI is InChI=1S/C15H20N4O2/c1-3-6-21-14-7-10(2)18-15(19-14)17-9-11-8-12(16)4-5-13(11)20/h4-5,7-8,20H,3,6,9,16H2,1-2H3,(H,17,18,19). The lowest BCUT2D eigenvalue weighted by molar-refractivity contribution is 0.305.